The molecule has 2 atom stereocenters. The van der Waals surface area contributed by atoms with Crippen molar-refractivity contribution in [2.45, 2.75) is 12.5 Å². The summed E-state index contributed by atoms with van der Waals surface area (Å²) in [4.78, 5) is 40.5. The van der Waals surface area contributed by atoms with E-state index in [9.17, 15) is 14.4 Å². The van der Waals surface area contributed by atoms with Crippen molar-refractivity contribution in [2.75, 3.05) is 66.6 Å². The molecular weight excluding hydrogens is 330 g/mol. The number of nitrogens with zero attached hydrogens (tertiary/aromatic N) is 3. The van der Waals surface area contributed by atoms with E-state index in [1.54, 1.807) is 28.9 Å². The fourth-order valence-electron chi connectivity index (χ4n) is 3.29. The van der Waals surface area contributed by atoms with Crippen LogP contribution >= 0.6 is 0 Å². The Hall–Kier alpha value is -1.71. The lowest BCUT2D eigenvalue weighted by Gasteiger charge is -2.35. The molecule has 0 bridgehead atoms. The number of carbonyl (C=O) groups excluding carboxylic acids is 2. The number of carboxylic acid groups (broad SMARTS) is 1. The van der Waals surface area contributed by atoms with Crippen LogP contribution in [0.25, 0.3) is 0 Å². The lowest BCUT2D eigenvalue weighted by molar-refractivity contribution is -0.145. The normalized spacial score (nSPS) is 24.2. The van der Waals surface area contributed by atoms with E-state index in [2.05, 4.69) is 0 Å². The first-order valence-corrected chi connectivity index (χ1v) is 8.48. The third kappa shape index (κ3) is 5.65. The molecule has 0 aromatic heterocycles. The summed E-state index contributed by atoms with van der Waals surface area (Å²) in [5.41, 5.74) is 0. The van der Waals surface area contributed by atoms with Crippen molar-refractivity contribution >= 4 is 17.8 Å². The number of rotatable bonds is 8. The number of aliphatic carboxylic acids is 1. The first-order chi connectivity index (χ1) is 11.9. The van der Waals surface area contributed by atoms with E-state index in [1.165, 1.54) is 0 Å². The molecular formula is C16H27N3O6. The largest absolute Gasteiger partial charge is 0.480 e. The summed E-state index contributed by atoms with van der Waals surface area (Å²) in [6.45, 7) is 3.12. The monoisotopic (exact) mass is 357 g/mol. The molecule has 2 unspecified atom stereocenters. The highest BCUT2D eigenvalue weighted by atomic mass is 16.5. The number of hydrogen-bond donors (Lipinski definition) is 1. The smallest absolute Gasteiger partial charge is 0.317 e. The topological polar surface area (TPSA) is 99.6 Å². The maximum atomic E-state index is 12.7. The van der Waals surface area contributed by atoms with Gasteiger partial charge in [0.2, 0.25) is 11.8 Å². The Bertz CT molecular complexity index is 500. The Morgan fingerprint density at radius 1 is 1.40 bits per heavy atom. The predicted octanol–water partition coefficient (Wildman–Crippen LogP) is -1.27. The maximum Gasteiger partial charge on any atom is 0.317 e. The van der Waals surface area contributed by atoms with Gasteiger partial charge in [-0.15, -0.1) is 0 Å². The molecule has 2 heterocycles. The minimum absolute atomic E-state index is 0.0126. The van der Waals surface area contributed by atoms with Gasteiger partial charge in [0.25, 0.3) is 0 Å². The summed E-state index contributed by atoms with van der Waals surface area (Å²) in [6.07, 6.45) is 0.0208. The van der Waals surface area contributed by atoms with Gasteiger partial charge in [0.1, 0.15) is 0 Å². The highest BCUT2D eigenvalue weighted by Crippen LogP contribution is 2.21. The molecule has 1 N–H and O–H groups in total. The molecule has 9 heteroatoms. The van der Waals surface area contributed by atoms with Gasteiger partial charge in [0.05, 0.1) is 31.8 Å². The summed E-state index contributed by atoms with van der Waals surface area (Å²) in [5.74, 6) is -1.25. The zero-order chi connectivity index (χ0) is 18.4. The summed E-state index contributed by atoms with van der Waals surface area (Å²) >= 11 is 0. The van der Waals surface area contributed by atoms with Crippen molar-refractivity contribution < 1.29 is 29.0 Å². The van der Waals surface area contributed by atoms with E-state index in [4.69, 9.17) is 14.6 Å². The van der Waals surface area contributed by atoms with Crippen LogP contribution in [0.3, 0.4) is 0 Å². The summed E-state index contributed by atoms with van der Waals surface area (Å²) < 4.78 is 10.6. The highest BCUT2D eigenvalue weighted by Gasteiger charge is 2.37. The van der Waals surface area contributed by atoms with Crippen LogP contribution in [0.15, 0.2) is 0 Å². The van der Waals surface area contributed by atoms with E-state index >= 15 is 0 Å². The van der Waals surface area contributed by atoms with Crippen molar-refractivity contribution in [3.05, 3.63) is 0 Å². The summed E-state index contributed by atoms with van der Waals surface area (Å²) in [6, 6.07) is 0. The fraction of sp³-hybridized carbons (Fsp3) is 0.812. The van der Waals surface area contributed by atoms with Crippen LogP contribution in [0.4, 0.5) is 0 Å². The van der Waals surface area contributed by atoms with Crippen molar-refractivity contribution in [3.63, 3.8) is 0 Å². The number of amides is 2. The molecule has 0 aromatic rings. The van der Waals surface area contributed by atoms with Crippen molar-refractivity contribution in [3.8, 4) is 0 Å². The van der Waals surface area contributed by atoms with Gasteiger partial charge in [-0.05, 0) is 7.05 Å². The van der Waals surface area contributed by atoms with Crippen LogP contribution in [0.2, 0.25) is 0 Å². The molecule has 0 radical (unpaired) electrons. The lowest BCUT2D eigenvalue weighted by atomic mass is 10.1. The number of hydrogen-bond acceptors (Lipinski definition) is 6. The molecule has 0 aliphatic carbocycles. The molecule has 0 spiro atoms. The second-order valence-corrected chi connectivity index (χ2v) is 6.60. The number of likely N-dealkylation sites (tertiary alicyclic amines) is 1. The first kappa shape index (κ1) is 19.6. The van der Waals surface area contributed by atoms with Crippen molar-refractivity contribution in [1.29, 1.82) is 0 Å². The lowest BCUT2D eigenvalue weighted by Crippen LogP contribution is -2.51. The van der Waals surface area contributed by atoms with Gasteiger partial charge >= 0.3 is 5.97 Å². The quantitative estimate of drug-likeness (QED) is 0.578. The summed E-state index contributed by atoms with van der Waals surface area (Å²) in [7, 11) is 3.29. The Labute approximate surface area is 147 Å². The number of morpholine rings is 1. The Balaban J connectivity index is 1.85. The Morgan fingerprint density at radius 2 is 2.16 bits per heavy atom. The Kier molecular flexibility index (Phi) is 7.15. The van der Waals surface area contributed by atoms with Crippen LogP contribution in [0, 0.1) is 5.92 Å². The van der Waals surface area contributed by atoms with Gasteiger partial charge in [0.15, 0.2) is 0 Å². The average Bonchev–Trinajstić information content (AvgIpc) is 2.92. The van der Waals surface area contributed by atoms with Crippen LogP contribution in [-0.4, -0.2) is 110 Å². The molecule has 2 rings (SSSR count). The predicted molar refractivity (Wildman–Crippen MR) is 88.0 cm³/mol. The molecule has 2 saturated heterocycles. The van der Waals surface area contributed by atoms with E-state index in [0.717, 1.165) is 0 Å². The number of methoxy groups -OCH3 is 1. The molecule has 0 saturated carbocycles. The summed E-state index contributed by atoms with van der Waals surface area (Å²) in [5, 5.41) is 8.82. The molecule has 0 aromatic carbocycles. The van der Waals surface area contributed by atoms with Gasteiger partial charge < -0.3 is 24.4 Å². The highest BCUT2D eigenvalue weighted by molar-refractivity contribution is 5.89. The fourth-order valence-corrected chi connectivity index (χ4v) is 3.29. The molecule has 2 fully saturated rings. The van der Waals surface area contributed by atoms with Crippen LogP contribution in [0.5, 0.6) is 0 Å². The van der Waals surface area contributed by atoms with Crippen molar-refractivity contribution in [1.82, 2.24) is 14.7 Å². The number of carbonyl (C=O) groups is 3. The van der Waals surface area contributed by atoms with Gasteiger partial charge in [-0.3, -0.25) is 19.3 Å². The van der Waals surface area contributed by atoms with Crippen LogP contribution in [0.1, 0.15) is 6.42 Å². The van der Waals surface area contributed by atoms with Gasteiger partial charge in [0, 0.05) is 46.3 Å². The minimum atomic E-state index is -0.896. The molecule has 2 aliphatic rings. The molecule has 9 nitrogen and oxygen atoms in total. The number of carboxylic acids is 1. The second kappa shape index (κ2) is 9.12. The maximum absolute atomic E-state index is 12.7. The average molecular weight is 357 g/mol. The van der Waals surface area contributed by atoms with E-state index in [-0.39, 0.29) is 36.8 Å². The zero-order valence-electron chi connectivity index (χ0n) is 14.8. The molecule has 2 amide bonds. The first-order valence-electron chi connectivity index (χ1n) is 8.48. The van der Waals surface area contributed by atoms with E-state index in [1.807, 2.05) is 0 Å². The third-order valence-corrected chi connectivity index (χ3v) is 4.50. The van der Waals surface area contributed by atoms with Crippen LogP contribution in [-0.2, 0) is 23.9 Å². The molecule has 25 heavy (non-hydrogen) atoms. The molecule has 142 valence electrons. The number of likely N-dealkylation sites (N-methyl/N-ethyl adjacent to an activating group) is 1. The number of ether oxygens (including phenoxy) is 2. The van der Waals surface area contributed by atoms with Gasteiger partial charge in [-0.2, -0.15) is 0 Å². The standard InChI is InChI=1S/C16H27N3O6/c1-17(11-15(21)22)9-13-10-19(4-6-25-13)16(23)12-7-14(20)18(8-12)3-5-24-2/h12-13H,3-11H2,1-2H3,(H,21,22). The van der Waals surface area contributed by atoms with Crippen LogP contribution < -0.4 is 0 Å². The Morgan fingerprint density at radius 3 is 2.84 bits per heavy atom. The van der Waals surface area contributed by atoms with Gasteiger partial charge in [-0.25, -0.2) is 0 Å². The van der Waals surface area contributed by atoms with E-state index in [0.29, 0.717) is 45.9 Å². The third-order valence-electron chi connectivity index (χ3n) is 4.50. The second-order valence-electron chi connectivity index (χ2n) is 6.60. The van der Waals surface area contributed by atoms with Gasteiger partial charge in [-0.1, -0.05) is 0 Å². The zero-order valence-corrected chi connectivity index (χ0v) is 14.8. The van der Waals surface area contributed by atoms with E-state index < -0.39 is 5.97 Å². The minimum Gasteiger partial charge on any atom is -0.480 e. The van der Waals surface area contributed by atoms with Crippen molar-refractivity contribution in [2.24, 2.45) is 5.92 Å². The SMILES string of the molecule is COCCN1CC(C(=O)N2CCOC(CN(C)CC(=O)O)C2)CC1=O. The molecule has 2 aliphatic heterocycles.